The van der Waals surface area contributed by atoms with E-state index in [2.05, 4.69) is 24.0 Å². The molecule has 1 fully saturated rings. The van der Waals surface area contributed by atoms with Gasteiger partial charge in [-0.2, -0.15) is 0 Å². The Balaban J connectivity index is 1.43. The van der Waals surface area contributed by atoms with E-state index in [4.69, 9.17) is 21.1 Å². The molecule has 200 valence electrons. The van der Waals surface area contributed by atoms with Crippen LogP contribution in [0.15, 0.2) is 15.8 Å². The molecule has 0 saturated heterocycles. The van der Waals surface area contributed by atoms with Crippen LogP contribution in [0.1, 0.15) is 65.3 Å². The van der Waals surface area contributed by atoms with Crippen LogP contribution in [0.25, 0.3) is 0 Å². The molecule has 0 unspecified atom stereocenters. The highest BCUT2D eigenvalue weighted by Crippen LogP contribution is 2.54. The smallest absolute Gasteiger partial charge is 0.254 e. The zero-order chi connectivity index (χ0) is 26.6. The number of amides is 1. The molecule has 1 amide bonds. The Bertz CT molecular complexity index is 1300. The molecule has 5 rings (SSSR count). The molecule has 2 aromatic rings. The number of pyridine rings is 1. The molecule has 3 aliphatic rings. The number of aromatic amines is 1. The fraction of sp³-hybridized carbons (Fsp3) is 0.571. The minimum atomic E-state index is -0.802. The van der Waals surface area contributed by atoms with Gasteiger partial charge in [0, 0.05) is 41.6 Å². The van der Waals surface area contributed by atoms with Crippen LogP contribution in [-0.4, -0.2) is 59.4 Å². The summed E-state index contributed by atoms with van der Waals surface area (Å²) in [5.41, 5.74) is 3.42. The highest BCUT2D eigenvalue weighted by Gasteiger charge is 2.48. The third-order valence-electron chi connectivity index (χ3n) is 8.40. The maximum Gasteiger partial charge on any atom is 0.254 e. The van der Waals surface area contributed by atoms with Gasteiger partial charge in [-0.3, -0.25) is 9.59 Å². The number of rotatable bonds is 5. The predicted octanol–water partition coefficient (Wildman–Crippen LogP) is 5.17. The third-order valence-corrected chi connectivity index (χ3v) is 9.60. The second kappa shape index (κ2) is 9.86. The van der Waals surface area contributed by atoms with Gasteiger partial charge < -0.3 is 24.3 Å². The van der Waals surface area contributed by atoms with Gasteiger partial charge >= 0.3 is 0 Å². The van der Waals surface area contributed by atoms with Gasteiger partial charge in [0.2, 0.25) is 0 Å². The van der Waals surface area contributed by atoms with Gasteiger partial charge in [-0.1, -0.05) is 11.6 Å². The molecule has 0 bridgehead atoms. The van der Waals surface area contributed by atoms with Gasteiger partial charge in [-0.05, 0) is 77.9 Å². The van der Waals surface area contributed by atoms with Gasteiger partial charge in [0.05, 0.1) is 22.7 Å². The Morgan fingerprint density at radius 2 is 1.84 bits per heavy atom. The summed E-state index contributed by atoms with van der Waals surface area (Å²) >= 11 is 8.42. The van der Waals surface area contributed by atoms with Crippen molar-refractivity contribution in [1.29, 1.82) is 0 Å². The fourth-order valence-corrected chi connectivity index (χ4v) is 7.18. The molecule has 1 aromatic carbocycles. The predicted molar refractivity (Wildman–Crippen MR) is 147 cm³/mol. The zero-order valence-corrected chi connectivity index (χ0v) is 24.1. The molecular formula is C28H36ClN3O4S. The number of hydrogen-bond acceptors (Lipinski definition) is 6. The van der Waals surface area contributed by atoms with Gasteiger partial charge in [0.1, 0.15) is 0 Å². The average molecular weight is 546 g/mol. The normalized spacial score (nSPS) is 25.1. The Morgan fingerprint density at radius 1 is 1.16 bits per heavy atom. The molecule has 9 heteroatoms. The number of nitrogens with one attached hydrogen (secondary N) is 1. The van der Waals surface area contributed by atoms with E-state index in [-0.39, 0.29) is 23.9 Å². The van der Waals surface area contributed by atoms with Crippen LogP contribution in [-0.2, 0) is 13.0 Å². The van der Waals surface area contributed by atoms with Crippen molar-refractivity contribution in [2.45, 2.75) is 76.1 Å². The second-order valence-electron chi connectivity index (χ2n) is 10.9. The summed E-state index contributed by atoms with van der Waals surface area (Å²) in [5, 5.41) is 0.479. The first-order valence-electron chi connectivity index (χ1n) is 13.0. The maximum absolute atomic E-state index is 13.8. The minimum absolute atomic E-state index is 0.126. The van der Waals surface area contributed by atoms with Gasteiger partial charge in [-0.25, -0.2) is 0 Å². The number of halogens is 1. The van der Waals surface area contributed by atoms with E-state index in [1.54, 1.807) is 4.90 Å². The number of ether oxygens (including phenoxy) is 2. The minimum Gasteiger partial charge on any atom is -0.448 e. The van der Waals surface area contributed by atoms with Crippen molar-refractivity contribution in [2.24, 2.45) is 5.92 Å². The van der Waals surface area contributed by atoms with Crippen molar-refractivity contribution in [3.63, 3.8) is 0 Å². The number of benzene rings is 1. The molecular weight excluding hydrogens is 510 g/mol. The van der Waals surface area contributed by atoms with Crippen molar-refractivity contribution in [2.75, 3.05) is 26.9 Å². The number of aryl methyl sites for hydroxylation is 1. The molecule has 0 radical (unpaired) electrons. The van der Waals surface area contributed by atoms with Crippen molar-refractivity contribution in [3.05, 3.63) is 49.4 Å². The molecule has 7 nitrogen and oxygen atoms in total. The maximum atomic E-state index is 13.8. The largest absolute Gasteiger partial charge is 0.448 e. The van der Waals surface area contributed by atoms with E-state index >= 15 is 0 Å². The molecule has 1 N–H and O–H groups in total. The van der Waals surface area contributed by atoms with Gasteiger partial charge in [0.15, 0.2) is 11.5 Å². The van der Waals surface area contributed by atoms with Crippen LogP contribution in [0, 0.1) is 19.8 Å². The van der Waals surface area contributed by atoms with E-state index < -0.39 is 5.79 Å². The number of H-pyrrole nitrogens is 1. The quantitative estimate of drug-likeness (QED) is 0.522. The summed E-state index contributed by atoms with van der Waals surface area (Å²) in [4.78, 5) is 34.3. The lowest BCUT2D eigenvalue weighted by Gasteiger charge is -2.39. The van der Waals surface area contributed by atoms with Crippen molar-refractivity contribution >= 4 is 29.3 Å². The highest BCUT2D eigenvalue weighted by atomic mass is 35.5. The molecule has 1 atom stereocenters. The van der Waals surface area contributed by atoms with Crippen LogP contribution < -0.4 is 15.0 Å². The first-order valence-corrected chi connectivity index (χ1v) is 14.6. The summed E-state index contributed by atoms with van der Waals surface area (Å²) in [6.07, 6.45) is 6.77. The number of carbonyl (C=O) groups is 1. The highest BCUT2D eigenvalue weighted by molar-refractivity contribution is 7.98. The van der Waals surface area contributed by atoms with Gasteiger partial charge in [-0.15, -0.1) is 11.8 Å². The second-order valence-corrected chi connectivity index (χ2v) is 12.2. The number of carbonyl (C=O) groups excluding carboxylic acids is 1. The molecule has 3 heterocycles. The molecule has 1 saturated carbocycles. The van der Waals surface area contributed by atoms with Crippen molar-refractivity contribution in [3.8, 4) is 11.5 Å². The fourth-order valence-electron chi connectivity index (χ4n) is 6.17. The summed E-state index contributed by atoms with van der Waals surface area (Å²) < 4.78 is 13.0. The summed E-state index contributed by atoms with van der Waals surface area (Å²) in [7, 11) is 4.27. The number of thioether (sulfide) groups is 1. The Labute approximate surface area is 227 Å². The lowest BCUT2D eigenvalue weighted by molar-refractivity contribution is -0.123. The van der Waals surface area contributed by atoms with Crippen LogP contribution in [0.2, 0.25) is 5.02 Å². The molecule has 0 spiro atoms. The summed E-state index contributed by atoms with van der Waals surface area (Å²) in [6.45, 7) is 6.52. The third kappa shape index (κ3) is 4.55. The summed E-state index contributed by atoms with van der Waals surface area (Å²) in [6, 6.07) is 2.54. The molecule has 1 aromatic heterocycles. The van der Waals surface area contributed by atoms with E-state index in [9.17, 15) is 9.59 Å². The Hall–Kier alpha value is -2.16. The standard InChI is InChI=1S/C28H36ClN3O4S/c1-15-13-21(37-6)20(26(33)30-15)14-32-12-11-19-22(27(32)34)16(2)24-25(23(19)29)36-28(3,35-24)17-7-9-18(10-8-17)31(4)5/h13,17-18H,7-12,14H2,1-6H3,(H,30,33)/t17-,18-,28-/m0/s1. The number of nitrogens with zero attached hydrogens (tertiary/aromatic N) is 2. The first kappa shape index (κ1) is 26.4. The lowest BCUT2D eigenvalue weighted by Crippen LogP contribution is -2.46. The van der Waals surface area contributed by atoms with E-state index in [1.807, 2.05) is 33.1 Å². The van der Waals surface area contributed by atoms with Crippen molar-refractivity contribution in [1.82, 2.24) is 14.8 Å². The number of aromatic nitrogens is 1. The number of fused-ring (bicyclic) bond motifs is 2. The van der Waals surface area contributed by atoms with Crippen LogP contribution in [0.3, 0.4) is 0 Å². The SMILES string of the molecule is CSc1cc(C)[nH]c(=O)c1CN1CCc2c(Cl)c3c(c(C)c2C1=O)O[C@](C)([C@H]1CC[C@H](N(C)C)CC1)O3. The lowest BCUT2D eigenvalue weighted by atomic mass is 9.81. The number of hydrogen-bond donors (Lipinski definition) is 1. The van der Waals surface area contributed by atoms with E-state index in [0.717, 1.165) is 47.4 Å². The van der Waals surface area contributed by atoms with Gasteiger partial charge in [0.25, 0.3) is 17.3 Å². The zero-order valence-electron chi connectivity index (χ0n) is 22.5. The monoisotopic (exact) mass is 545 g/mol. The van der Waals surface area contributed by atoms with Crippen molar-refractivity contribution < 1.29 is 14.3 Å². The topological polar surface area (TPSA) is 74.9 Å². The van der Waals surface area contributed by atoms with E-state index in [1.165, 1.54) is 11.8 Å². The first-order chi connectivity index (χ1) is 17.5. The van der Waals surface area contributed by atoms with E-state index in [0.29, 0.717) is 46.7 Å². The molecule has 1 aliphatic carbocycles. The average Bonchev–Trinajstić information content (AvgIpc) is 3.24. The Morgan fingerprint density at radius 3 is 2.49 bits per heavy atom. The summed E-state index contributed by atoms with van der Waals surface area (Å²) in [5.74, 6) is 0.460. The van der Waals surface area contributed by atoms with Crippen LogP contribution in [0.5, 0.6) is 11.5 Å². The Kier molecular flexibility index (Phi) is 7.05. The molecule has 37 heavy (non-hydrogen) atoms. The van der Waals surface area contributed by atoms with Crippen LogP contribution in [0.4, 0.5) is 0 Å². The van der Waals surface area contributed by atoms with Crippen LogP contribution >= 0.6 is 23.4 Å². The molecule has 2 aliphatic heterocycles.